The molecule has 0 atom stereocenters. The molecule has 1 aromatic carbocycles. The molecule has 2 heterocycles. The smallest absolute Gasteiger partial charge is 0.257 e. The number of nitrogens with zero attached hydrogens (tertiary/aromatic N) is 2. The zero-order valence-corrected chi connectivity index (χ0v) is 15.8. The third-order valence-corrected chi connectivity index (χ3v) is 4.79. The van der Waals surface area contributed by atoms with Gasteiger partial charge in [-0.15, -0.1) is 11.3 Å². The first-order chi connectivity index (χ1) is 12.7. The van der Waals surface area contributed by atoms with Gasteiger partial charge < -0.3 is 14.2 Å². The number of carbonyl (C=O) groups is 1. The Balaban J connectivity index is 1.62. The van der Waals surface area contributed by atoms with Crippen LogP contribution in [-0.2, 0) is 11.3 Å². The molecule has 0 unspecified atom stereocenters. The van der Waals surface area contributed by atoms with Gasteiger partial charge in [0.15, 0.2) is 16.6 Å². The van der Waals surface area contributed by atoms with E-state index in [9.17, 15) is 4.79 Å². The lowest BCUT2D eigenvalue weighted by atomic mass is 10.2. The van der Waals surface area contributed by atoms with Crippen LogP contribution in [0.25, 0.3) is 0 Å². The summed E-state index contributed by atoms with van der Waals surface area (Å²) in [4.78, 5) is 19.3. The second kappa shape index (κ2) is 8.98. The van der Waals surface area contributed by atoms with Crippen LogP contribution in [0.15, 0.2) is 23.6 Å². The molecule has 26 heavy (non-hydrogen) atoms. The molecule has 1 amide bonds. The molecule has 1 aliphatic heterocycles. The average molecular weight is 377 g/mol. The van der Waals surface area contributed by atoms with E-state index in [4.69, 9.17) is 14.2 Å². The van der Waals surface area contributed by atoms with Gasteiger partial charge in [-0.1, -0.05) is 0 Å². The number of hydrogen-bond acceptors (Lipinski definition) is 7. The summed E-state index contributed by atoms with van der Waals surface area (Å²) in [5.74, 6) is 0.930. The Bertz CT molecular complexity index is 744. The van der Waals surface area contributed by atoms with Gasteiger partial charge in [0.05, 0.1) is 32.6 Å². The number of rotatable bonds is 7. The number of amides is 1. The summed E-state index contributed by atoms with van der Waals surface area (Å²) >= 11 is 1.43. The topological polar surface area (TPSA) is 72.9 Å². The van der Waals surface area contributed by atoms with Crippen LogP contribution in [0.5, 0.6) is 11.5 Å². The Hall–Kier alpha value is -2.16. The van der Waals surface area contributed by atoms with Crippen molar-refractivity contribution in [2.24, 2.45) is 0 Å². The number of anilines is 1. The summed E-state index contributed by atoms with van der Waals surface area (Å²) in [5.41, 5.74) is 1.45. The number of morpholine rings is 1. The largest absolute Gasteiger partial charge is 0.493 e. The quantitative estimate of drug-likeness (QED) is 0.800. The highest BCUT2D eigenvalue weighted by atomic mass is 32.1. The summed E-state index contributed by atoms with van der Waals surface area (Å²) < 4.78 is 16.1. The van der Waals surface area contributed by atoms with Gasteiger partial charge in [-0.05, 0) is 25.1 Å². The van der Waals surface area contributed by atoms with Gasteiger partial charge in [-0.25, -0.2) is 4.98 Å². The number of carbonyl (C=O) groups excluding carboxylic acids is 1. The molecule has 3 rings (SSSR count). The number of aromatic nitrogens is 1. The number of benzene rings is 1. The molecular weight excluding hydrogens is 354 g/mol. The molecule has 0 aliphatic carbocycles. The van der Waals surface area contributed by atoms with E-state index >= 15 is 0 Å². The van der Waals surface area contributed by atoms with Crippen molar-refractivity contribution in [3.8, 4) is 11.5 Å². The number of ether oxygens (including phenoxy) is 3. The van der Waals surface area contributed by atoms with E-state index in [1.165, 1.54) is 11.3 Å². The lowest BCUT2D eigenvalue weighted by Gasteiger charge is -2.25. The second-order valence-electron chi connectivity index (χ2n) is 5.79. The monoisotopic (exact) mass is 377 g/mol. The second-order valence-corrected chi connectivity index (χ2v) is 6.64. The molecule has 8 heteroatoms. The molecule has 7 nitrogen and oxygen atoms in total. The molecular formula is C18H23N3O4S. The first-order valence-electron chi connectivity index (χ1n) is 8.56. The summed E-state index contributed by atoms with van der Waals surface area (Å²) in [6, 6.07) is 5.12. The number of methoxy groups -OCH3 is 1. The summed E-state index contributed by atoms with van der Waals surface area (Å²) in [6.07, 6.45) is 0. The van der Waals surface area contributed by atoms with Gasteiger partial charge in [-0.2, -0.15) is 0 Å². The molecule has 0 bridgehead atoms. The Labute approximate surface area is 156 Å². The number of nitrogens with one attached hydrogen (secondary N) is 1. The van der Waals surface area contributed by atoms with Crippen LogP contribution in [0.3, 0.4) is 0 Å². The minimum absolute atomic E-state index is 0.223. The first-order valence-corrected chi connectivity index (χ1v) is 9.44. The third kappa shape index (κ3) is 4.72. The normalized spacial score (nSPS) is 14.8. The minimum Gasteiger partial charge on any atom is -0.493 e. The van der Waals surface area contributed by atoms with Crippen LogP contribution in [-0.4, -0.2) is 55.8 Å². The van der Waals surface area contributed by atoms with Gasteiger partial charge >= 0.3 is 0 Å². The predicted molar refractivity (Wildman–Crippen MR) is 100 cm³/mol. The summed E-state index contributed by atoms with van der Waals surface area (Å²) in [6.45, 7) is 6.54. The molecule has 1 N–H and O–H groups in total. The highest BCUT2D eigenvalue weighted by Crippen LogP contribution is 2.28. The van der Waals surface area contributed by atoms with E-state index in [-0.39, 0.29) is 5.91 Å². The van der Waals surface area contributed by atoms with Gasteiger partial charge in [0.2, 0.25) is 0 Å². The minimum atomic E-state index is -0.223. The van der Waals surface area contributed by atoms with Crippen LogP contribution in [0.2, 0.25) is 0 Å². The van der Waals surface area contributed by atoms with Crippen molar-refractivity contribution in [2.75, 3.05) is 45.3 Å². The zero-order chi connectivity index (χ0) is 18.4. The van der Waals surface area contributed by atoms with E-state index in [0.717, 1.165) is 38.5 Å². The van der Waals surface area contributed by atoms with Crippen molar-refractivity contribution in [1.82, 2.24) is 9.88 Å². The highest BCUT2D eigenvalue weighted by molar-refractivity contribution is 7.13. The maximum Gasteiger partial charge on any atom is 0.257 e. The van der Waals surface area contributed by atoms with Crippen molar-refractivity contribution < 1.29 is 19.0 Å². The van der Waals surface area contributed by atoms with Crippen LogP contribution >= 0.6 is 11.3 Å². The molecule has 0 spiro atoms. The van der Waals surface area contributed by atoms with Crippen molar-refractivity contribution in [2.45, 2.75) is 13.5 Å². The van der Waals surface area contributed by atoms with Gasteiger partial charge in [0, 0.05) is 30.6 Å². The fourth-order valence-electron chi connectivity index (χ4n) is 2.68. The maximum atomic E-state index is 12.5. The molecule has 1 fully saturated rings. The van der Waals surface area contributed by atoms with E-state index < -0.39 is 0 Å². The molecule has 1 aliphatic rings. The Morgan fingerprint density at radius 2 is 2.15 bits per heavy atom. The standard InChI is InChI=1S/C18H23N3O4S/c1-3-25-15-5-4-13(10-16(15)23-2)17(22)20-18-19-14(12-26-18)11-21-6-8-24-9-7-21/h4-5,10,12H,3,6-9,11H2,1-2H3,(H,19,20,22). The molecule has 0 saturated carbocycles. The Morgan fingerprint density at radius 1 is 1.35 bits per heavy atom. The fraction of sp³-hybridized carbons (Fsp3) is 0.444. The van der Waals surface area contributed by atoms with Crippen LogP contribution in [0, 0.1) is 0 Å². The van der Waals surface area contributed by atoms with E-state index in [2.05, 4.69) is 15.2 Å². The molecule has 2 aromatic rings. The van der Waals surface area contributed by atoms with Gasteiger partial charge in [-0.3, -0.25) is 15.0 Å². The van der Waals surface area contributed by atoms with Crippen molar-refractivity contribution in [3.05, 3.63) is 34.8 Å². The Kier molecular flexibility index (Phi) is 6.43. The lowest BCUT2D eigenvalue weighted by Crippen LogP contribution is -2.35. The Morgan fingerprint density at radius 3 is 2.88 bits per heavy atom. The van der Waals surface area contributed by atoms with Crippen molar-refractivity contribution >= 4 is 22.4 Å². The predicted octanol–water partition coefficient (Wildman–Crippen LogP) is 2.63. The molecule has 1 saturated heterocycles. The molecule has 140 valence electrons. The van der Waals surface area contributed by atoms with Crippen molar-refractivity contribution in [3.63, 3.8) is 0 Å². The summed E-state index contributed by atoms with van der Waals surface area (Å²) in [5, 5.41) is 5.41. The highest BCUT2D eigenvalue weighted by Gasteiger charge is 2.15. The van der Waals surface area contributed by atoms with Crippen molar-refractivity contribution in [1.29, 1.82) is 0 Å². The maximum absolute atomic E-state index is 12.5. The van der Waals surface area contributed by atoms with E-state index in [1.807, 2.05) is 12.3 Å². The molecule has 0 radical (unpaired) electrons. The molecule has 1 aromatic heterocycles. The number of hydrogen-bond donors (Lipinski definition) is 1. The zero-order valence-electron chi connectivity index (χ0n) is 15.0. The fourth-order valence-corrected chi connectivity index (χ4v) is 3.37. The van der Waals surface area contributed by atoms with Gasteiger partial charge in [0.1, 0.15) is 0 Å². The average Bonchev–Trinajstić information content (AvgIpc) is 3.09. The first kappa shape index (κ1) is 18.6. The van der Waals surface area contributed by atoms with E-state index in [1.54, 1.807) is 25.3 Å². The van der Waals surface area contributed by atoms with Crippen LogP contribution < -0.4 is 14.8 Å². The van der Waals surface area contributed by atoms with Crippen LogP contribution in [0.1, 0.15) is 23.0 Å². The van der Waals surface area contributed by atoms with Gasteiger partial charge in [0.25, 0.3) is 5.91 Å². The van der Waals surface area contributed by atoms with E-state index in [0.29, 0.717) is 28.8 Å². The third-order valence-electron chi connectivity index (χ3n) is 3.99. The van der Waals surface area contributed by atoms with Crippen LogP contribution in [0.4, 0.5) is 5.13 Å². The summed E-state index contributed by atoms with van der Waals surface area (Å²) in [7, 11) is 1.55. The lowest BCUT2D eigenvalue weighted by molar-refractivity contribution is 0.0337. The SMILES string of the molecule is CCOc1ccc(C(=O)Nc2nc(CN3CCOCC3)cs2)cc1OC. The number of thiazole rings is 1.